The summed E-state index contributed by atoms with van der Waals surface area (Å²) in [6, 6.07) is 5.03. The molecule has 1 rings (SSSR count). The number of hydrogen-bond acceptors (Lipinski definition) is 3. The quantitative estimate of drug-likeness (QED) is 0.303. The van der Waals surface area contributed by atoms with Gasteiger partial charge in [0.15, 0.2) is 17.5 Å². The van der Waals surface area contributed by atoms with Gasteiger partial charge < -0.3 is 19.7 Å². The number of allylic oxidation sites excluding steroid dienone is 1. The summed E-state index contributed by atoms with van der Waals surface area (Å²) < 4.78 is 34.5. The van der Waals surface area contributed by atoms with Crippen molar-refractivity contribution >= 4 is 5.96 Å². The SMILES string of the molecule is C=CCCCN(C)C(=NC)NCCc1ccc(OC)c(OC(F)F)c1. The van der Waals surface area contributed by atoms with E-state index in [0.717, 1.165) is 30.9 Å². The number of benzene rings is 1. The smallest absolute Gasteiger partial charge is 0.387 e. The first kappa shape index (κ1) is 20.7. The molecule has 5 nitrogen and oxygen atoms in total. The summed E-state index contributed by atoms with van der Waals surface area (Å²) in [7, 11) is 5.12. The van der Waals surface area contributed by atoms with Gasteiger partial charge in [0.05, 0.1) is 7.11 Å². The number of nitrogens with one attached hydrogen (secondary N) is 1. The minimum Gasteiger partial charge on any atom is -0.493 e. The maximum atomic E-state index is 12.5. The summed E-state index contributed by atoms with van der Waals surface area (Å²) in [5.74, 6) is 1.12. The molecule has 1 aromatic rings. The fourth-order valence-electron chi connectivity index (χ4n) is 2.35. The molecule has 0 spiro atoms. The van der Waals surface area contributed by atoms with Crippen molar-refractivity contribution in [1.29, 1.82) is 0 Å². The first-order valence-corrected chi connectivity index (χ1v) is 8.16. The monoisotopic (exact) mass is 355 g/mol. The summed E-state index contributed by atoms with van der Waals surface area (Å²) >= 11 is 0. The van der Waals surface area contributed by atoms with Gasteiger partial charge in [0.1, 0.15) is 0 Å². The molecule has 0 saturated heterocycles. The number of unbranched alkanes of at least 4 members (excludes halogenated alkanes) is 1. The second-order valence-electron chi connectivity index (χ2n) is 5.44. The second kappa shape index (κ2) is 11.3. The zero-order valence-corrected chi connectivity index (χ0v) is 15.1. The number of halogens is 2. The summed E-state index contributed by atoms with van der Waals surface area (Å²) in [5, 5.41) is 3.26. The number of alkyl halides is 2. The third-order valence-corrected chi connectivity index (χ3v) is 3.62. The maximum Gasteiger partial charge on any atom is 0.387 e. The summed E-state index contributed by atoms with van der Waals surface area (Å²) in [5.41, 5.74) is 0.869. The van der Waals surface area contributed by atoms with Gasteiger partial charge in [-0.3, -0.25) is 4.99 Å². The molecule has 0 unspecified atom stereocenters. The zero-order valence-electron chi connectivity index (χ0n) is 15.1. The lowest BCUT2D eigenvalue weighted by Crippen LogP contribution is -2.40. The fourth-order valence-corrected chi connectivity index (χ4v) is 2.35. The predicted octanol–water partition coefficient (Wildman–Crippen LogP) is 3.31. The molecule has 140 valence electrons. The average molecular weight is 355 g/mol. The van der Waals surface area contributed by atoms with Crippen molar-refractivity contribution in [3.8, 4) is 11.5 Å². The first-order valence-electron chi connectivity index (χ1n) is 8.16. The van der Waals surface area contributed by atoms with E-state index in [2.05, 4.69) is 21.6 Å². The Bertz CT molecular complexity index is 565. The van der Waals surface area contributed by atoms with Gasteiger partial charge in [0.25, 0.3) is 0 Å². The van der Waals surface area contributed by atoms with Crippen LogP contribution in [0.15, 0.2) is 35.8 Å². The van der Waals surface area contributed by atoms with Crippen molar-refractivity contribution < 1.29 is 18.3 Å². The van der Waals surface area contributed by atoms with Crippen molar-refractivity contribution in [3.63, 3.8) is 0 Å². The van der Waals surface area contributed by atoms with E-state index < -0.39 is 6.61 Å². The van der Waals surface area contributed by atoms with Crippen molar-refractivity contribution in [2.24, 2.45) is 4.99 Å². The molecular formula is C18H27F2N3O2. The number of guanidine groups is 1. The van der Waals surface area contributed by atoms with Gasteiger partial charge in [-0.25, -0.2) is 0 Å². The Kier molecular flexibility index (Phi) is 9.36. The van der Waals surface area contributed by atoms with E-state index in [1.165, 1.54) is 7.11 Å². The molecule has 0 aromatic heterocycles. The molecule has 0 fully saturated rings. The van der Waals surface area contributed by atoms with E-state index in [1.807, 2.05) is 24.1 Å². The molecule has 0 heterocycles. The lowest BCUT2D eigenvalue weighted by atomic mass is 10.1. The van der Waals surface area contributed by atoms with E-state index in [1.54, 1.807) is 19.2 Å². The van der Waals surface area contributed by atoms with Gasteiger partial charge in [-0.05, 0) is 37.0 Å². The van der Waals surface area contributed by atoms with Crippen LogP contribution in [-0.2, 0) is 6.42 Å². The van der Waals surface area contributed by atoms with E-state index in [0.29, 0.717) is 13.0 Å². The lowest BCUT2D eigenvalue weighted by molar-refractivity contribution is -0.0512. The average Bonchev–Trinajstić information content (AvgIpc) is 2.58. The highest BCUT2D eigenvalue weighted by Crippen LogP contribution is 2.29. The Labute approximate surface area is 148 Å². The Morgan fingerprint density at radius 2 is 2.16 bits per heavy atom. The van der Waals surface area contributed by atoms with Crippen LogP contribution in [0.25, 0.3) is 0 Å². The van der Waals surface area contributed by atoms with E-state index in [-0.39, 0.29) is 11.5 Å². The van der Waals surface area contributed by atoms with E-state index >= 15 is 0 Å². The zero-order chi connectivity index (χ0) is 18.7. The third kappa shape index (κ3) is 7.41. The number of aliphatic imine (C=N–C) groups is 1. The van der Waals surface area contributed by atoms with Crippen molar-refractivity contribution in [2.75, 3.05) is 34.3 Å². The molecule has 0 saturated carbocycles. The highest BCUT2D eigenvalue weighted by atomic mass is 19.3. The lowest BCUT2D eigenvalue weighted by Gasteiger charge is -2.22. The van der Waals surface area contributed by atoms with Gasteiger partial charge in [0.2, 0.25) is 0 Å². The topological polar surface area (TPSA) is 46.1 Å². The largest absolute Gasteiger partial charge is 0.493 e. The predicted molar refractivity (Wildman–Crippen MR) is 96.8 cm³/mol. The van der Waals surface area contributed by atoms with Crippen LogP contribution >= 0.6 is 0 Å². The van der Waals surface area contributed by atoms with Crippen molar-refractivity contribution in [1.82, 2.24) is 10.2 Å². The molecular weight excluding hydrogens is 328 g/mol. The fraction of sp³-hybridized carbons (Fsp3) is 0.500. The molecule has 0 amide bonds. The Hall–Kier alpha value is -2.31. The normalized spacial score (nSPS) is 11.4. The van der Waals surface area contributed by atoms with Crippen LogP contribution in [0.2, 0.25) is 0 Å². The molecule has 1 N–H and O–H groups in total. The maximum absolute atomic E-state index is 12.5. The van der Waals surface area contributed by atoms with Crippen LogP contribution in [0, 0.1) is 0 Å². The van der Waals surface area contributed by atoms with Crippen LogP contribution in [0.3, 0.4) is 0 Å². The molecule has 1 aromatic carbocycles. The Morgan fingerprint density at radius 3 is 2.76 bits per heavy atom. The number of rotatable bonds is 10. The molecule has 0 radical (unpaired) electrons. The van der Waals surface area contributed by atoms with Gasteiger partial charge in [-0.15, -0.1) is 6.58 Å². The molecule has 0 atom stereocenters. The molecule has 0 aliphatic rings. The van der Waals surface area contributed by atoms with Crippen molar-refractivity contribution in [2.45, 2.75) is 25.9 Å². The third-order valence-electron chi connectivity index (χ3n) is 3.62. The Balaban J connectivity index is 2.57. The molecule has 0 bridgehead atoms. The molecule has 7 heteroatoms. The van der Waals surface area contributed by atoms with E-state index in [9.17, 15) is 8.78 Å². The second-order valence-corrected chi connectivity index (χ2v) is 5.44. The molecule has 0 aliphatic heterocycles. The molecule has 0 aliphatic carbocycles. The minimum absolute atomic E-state index is 0.0425. The summed E-state index contributed by atoms with van der Waals surface area (Å²) in [6.07, 6.45) is 4.50. The van der Waals surface area contributed by atoms with Crippen molar-refractivity contribution in [3.05, 3.63) is 36.4 Å². The van der Waals surface area contributed by atoms with E-state index in [4.69, 9.17) is 4.74 Å². The highest BCUT2D eigenvalue weighted by molar-refractivity contribution is 5.79. The Morgan fingerprint density at radius 1 is 1.40 bits per heavy atom. The number of ether oxygens (including phenoxy) is 2. The standard InChI is InChI=1S/C18H27F2N3O2/c1-5-6-7-12-23(3)18(21-2)22-11-10-14-8-9-15(24-4)16(13-14)25-17(19)20/h5,8-9,13,17H,1,6-7,10-12H2,2-4H3,(H,21,22). The number of nitrogens with zero attached hydrogens (tertiary/aromatic N) is 2. The minimum atomic E-state index is -2.88. The summed E-state index contributed by atoms with van der Waals surface area (Å²) in [4.78, 5) is 6.29. The van der Waals surface area contributed by atoms with Gasteiger partial charge in [-0.2, -0.15) is 8.78 Å². The number of hydrogen-bond donors (Lipinski definition) is 1. The van der Waals surface area contributed by atoms with Crippen LogP contribution in [0.5, 0.6) is 11.5 Å². The van der Waals surface area contributed by atoms with Gasteiger partial charge in [-0.1, -0.05) is 12.1 Å². The van der Waals surface area contributed by atoms with Gasteiger partial charge >= 0.3 is 6.61 Å². The van der Waals surface area contributed by atoms with Crippen LogP contribution in [-0.4, -0.2) is 51.8 Å². The first-order chi connectivity index (χ1) is 12.0. The number of methoxy groups -OCH3 is 1. The van der Waals surface area contributed by atoms with Crippen LogP contribution in [0.1, 0.15) is 18.4 Å². The van der Waals surface area contributed by atoms with Gasteiger partial charge in [0, 0.05) is 27.2 Å². The summed E-state index contributed by atoms with van der Waals surface area (Å²) in [6.45, 7) is 2.33. The highest BCUT2D eigenvalue weighted by Gasteiger charge is 2.11. The van der Waals surface area contributed by atoms with Crippen LogP contribution < -0.4 is 14.8 Å². The van der Waals surface area contributed by atoms with Crippen LogP contribution in [0.4, 0.5) is 8.78 Å². The molecule has 25 heavy (non-hydrogen) atoms.